The smallest absolute Gasteiger partial charge is 0.246 e. The minimum atomic E-state index is -0.842. The molecule has 2 heterocycles. The maximum Gasteiger partial charge on any atom is 0.246 e. The van der Waals surface area contributed by atoms with E-state index >= 15 is 0 Å². The lowest BCUT2D eigenvalue weighted by molar-refractivity contribution is -0.121. The van der Waals surface area contributed by atoms with Crippen LogP contribution in [0.25, 0.3) is 0 Å². The summed E-state index contributed by atoms with van der Waals surface area (Å²) in [4.78, 5) is 18.9. The highest BCUT2D eigenvalue weighted by atomic mass is 19.1. The van der Waals surface area contributed by atoms with Gasteiger partial charge < -0.3 is 15.5 Å². The third-order valence-electron chi connectivity index (χ3n) is 4.95. The van der Waals surface area contributed by atoms with Gasteiger partial charge in [-0.2, -0.15) is 0 Å². The van der Waals surface area contributed by atoms with Gasteiger partial charge in [-0.25, -0.2) is 9.37 Å². The molecular weight excluding hydrogens is 343 g/mol. The number of anilines is 2. The van der Waals surface area contributed by atoms with E-state index in [2.05, 4.69) is 36.4 Å². The van der Waals surface area contributed by atoms with E-state index in [-0.39, 0.29) is 23.0 Å². The lowest BCUT2D eigenvalue weighted by atomic mass is 9.87. The van der Waals surface area contributed by atoms with Crippen LogP contribution < -0.4 is 15.5 Å². The second-order valence-electron chi connectivity index (χ2n) is 8.27. The summed E-state index contributed by atoms with van der Waals surface area (Å²) in [5, 5.41) is 6.24. The van der Waals surface area contributed by atoms with Gasteiger partial charge in [0.2, 0.25) is 5.91 Å². The Morgan fingerprint density at radius 1 is 1.26 bits per heavy atom. The van der Waals surface area contributed by atoms with Gasteiger partial charge in [0, 0.05) is 31.5 Å². The van der Waals surface area contributed by atoms with Gasteiger partial charge in [0.15, 0.2) is 11.6 Å². The van der Waals surface area contributed by atoms with E-state index in [0.717, 1.165) is 5.69 Å². The fourth-order valence-electron chi connectivity index (χ4n) is 3.25. The van der Waals surface area contributed by atoms with Crippen molar-refractivity contribution in [2.75, 3.05) is 29.9 Å². The topological polar surface area (TPSA) is 57.3 Å². The summed E-state index contributed by atoms with van der Waals surface area (Å²) in [5.41, 5.74) is 1.17. The van der Waals surface area contributed by atoms with Crippen LogP contribution in [-0.2, 0) is 10.2 Å². The van der Waals surface area contributed by atoms with E-state index in [0.29, 0.717) is 19.6 Å². The number of piperazine rings is 1. The number of benzene rings is 1. The number of aromatic nitrogens is 1. The number of nitrogens with one attached hydrogen (secondary N) is 2. The Morgan fingerprint density at radius 2 is 1.96 bits per heavy atom. The highest BCUT2D eigenvalue weighted by Gasteiger charge is 2.38. The molecule has 0 aliphatic carbocycles. The molecule has 1 aromatic carbocycles. The second kappa shape index (κ2) is 7.27. The Bertz CT molecular complexity index is 816. The molecule has 144 valence electrons. The largest absolute Gasteiger partial charge is 0.351 e. The van der Waals surface area contributed by atoms with Crippen LogP contribution >= 0.6 is 0 Å². The molecule has 1 amide bonds. The maximum absolute atomic E-state index is 14.1. The summed E-state index contributed by atoms with van der Waals surface area (Å²) >= 11 is 0. The monoisotopic (exact) mass is 370 g/mol. The molecule has 3 rings (SSSR count). The van der Waals surface area contributed by atoms with E-state index in [9.17, 15) is 9.18 Å². The van der Waals surface area contributed by atoms with Gasteiger partial charge in [-0.3, -0.25) is 4.79 Å². The number of carbonyl (C=O) groups excluding carboxylic acids is 1. The maximum atomic E-state index is 14.1. The number of hydrogen-bond donors (Lipinski definition) is 2. The van der Waals surface area contributed by atoms with E-state index in [1.807, 2.05) is 36.1 Å². The normalized spacial score (nSPS) is 20.4. The molecule has 2 N–H and O–H groups in total. The van der Waals surface area contributed by atoms with Gasteiger partial charge in [0.25, 0.3) is 0 Å². The van der Waals surface area contributed by atoms with Crippen LogP contribution in [-0.4, -0.2) is 36.1 Å². The van der Waals surface area contributed by atoms with Crippen molar-refractivity contribution in [3.8, 4) is 0 Å². The minimum Gasteiger partial charge on any atom is -0.351 e. The molecule has 1 saturated heterocycles. The van der Waals surface area contributed by atoms with Crippen molar-refractivity contribution in [1.82, 2.24) is 10.3 Å². The van der Waals surface area contributed by atoms with Crippen LogP contribution in [0, 0.1) is 5.82 Å². The highest BCUT2D eigenvalue weighted by molar-refractivity contribution is 5.98. The van der Waals surface area contributed by atoms with Gasteiger partial charge in [-0.05, 0) is 42.2 Å². The Hall–Kier alpha value is -2.47. The summed E-state index contributed by atoms with van der Waals surface area (Å²) in [5.74, 6) is -0.237. The second-order valence-corrected chi connectivity index (χ2v) is 8.27. The molecule has 1 aliphatic rings. The lowest BCUT2D eigenvalue weighted by Crippen LogP contribution is -2.64. The van der Waals surface area contributed by atoms with Crippen LogP contribution in [0.1, 0.15) is 33.3 Å². The number of rotatable bonds is 3. The first kappa shape index (κ1) is 19.3. The van der Waals surface area contributed by atoms with E-state index in [1.165, 1.54) is 11.6 Å². The zero-order valence-corrected chi connectivity index (χ0v) is 16.3. The molecule has 0 bridgehead atoms. The van der Waals surface area contributed by atoms with Gasteiger partial charge in [0.05, 0.1) is 0 Å². The molecule has 1 aliphatic heterocycles. The third kappa shape index (κ3) is 4.27. The van der Waals surface area contributed by atoms with Crippen molar-refractivity contribution >= 4 is 17.4 Å². The lowest BCUT2D eigenvalue weighted by Gasteiger charge is -2.40. The standard InChI is InChI=1S/C21H27FN4O/c1-20(2,3)15-7-9-16(10-8-15)25-19(27)21(4)14-26(13-12-24-21)18-17(22)6-5-11-23-18/h5-11,24H,12-14H2,1-4H3,(H,25,27). The van der Waals surface area contributed by atoms with Crippen molar-refractivity contribution in [2.24, 2.45) is 0 Å². The minimum absolute atomic E-state index is 0.0622. The van der Waals surface area contributed by atoms with Crippen molar-refractivity contribution in [2.45, 2.75) is 38.6 Å². The van der Waals surface area contributed by atoms with Gasteiger partial charge in [0.1, 0.15) is 5.54 Å². The number of nitrogens with zero attached hydrogens (tertiary/aromatic N) is 2. The fraction of sp³-hybridized carbons (Fsp3) is 0.429. The molecule has 1 unspecified atom stereocenters. The quantitative estimate of drug-likeness (QED) is 0.870. The summed E-state index contributed by atoms with van der Waals surface area (Å²) in [6, 6.07) is 10.8. The van der Waals surface area contributed by atoms with Crippen molar-refractivity contribution < 1.29 is 9.18 Å². The SMILES string of the molecule is CC1(C(=O)Nc2ccc(C(C)(C)C)cc2)CN(c2ncccc2F)CCN1. The first-order valence-corrected chi connectivity index (χ1v) is 9.21. The summed E-state index contributed by atoms with van der Waals surface area (Å²) in [6.45, 7) is 9.79. The number of amides is 1. The molecule has 6 heteroatoms. The molecule has 0 saturated carbocycles. The van der Waals surface area contributed by atoms with Gasteiger partial charge >= 0.3 is 0 Å². The molecule has 1 fully saturated rings. The first-order valence-electron chi connectivity index (χ1n) is 9.21. The van der Waals surface area contributed by atoms with E-state index in [1.54, 1.807) is 12.3 Å². The summed E-state index contributed by atoms with van der Waals surface area (Å²) < 4.78 is 14.1. The molecule has 0 radical (unpaired) electrons. The average molecular weight is 370 g/mol. The fourth-order valence-corrected chi connectivity index (χ4v) is 3.25. The van der Waals surface area contributed by atoms with Crippen LogP contribution in [0.2, 0.25) is 0 Å². The van der Waals surface area contributed by atoms with E-state index < -0.39 is 5.54 Å². The highest BCUT2D eigenvalue weighted by Crippen LogP contribution is 2.25. The van der Waals surface area contributed by atoms with Crippen LogP contribution in [0.3, 0.4) is 0 Å². The third-order valence-corrected chi connectivity index (χ3v) is 4.95. The average Bonchev–Trinajstić information content (AvgIpc) is 2.62. The molecular formula is C21H27FN4O. The predicted octanol–water partition coefficient (Wildman–Crippen LogP) is 3.33. The zero-order valence-electron chi connectivity index (χ0n) is 16.3. The van der Waals surface area contributed by atoms with Gasteiger partial charge in [-0.15, -0.1) is 0 Å². The number of halogens is 1. The zero-order chi connectivity index (χ0) is 19.7. The molecule has 27 heavy (non-hydrogen) atoms. The predicted molar refractivity (Wildman–Crippen MR) is 107 cm³/mol. The Balaban J connectivity index is 1.72. The number of carbonyl (C=O) groups is 1. The molecule has 1 atom stereocenters. The van der Waals surface area contributed by atoms with Crippen molar-refractivity contribution in [3.63, 3.8) is 0 Å². The Kier molecular flexibility index (Phi) is 5.20. The van der Waals surface area contributed by atoms with Gasteiger partial charge in [-0.1, -0.05) is 32.9 Å². The Labute approximate surface area is 160 Å². The van der Waals surface area contributed by atoms with Crippen molar-refractivity contribution in [1.29, 1.82) is 0 Å². The molecule has 0 spiro atoms. The van der Waals surface area contributed by atoms with Crippen molar-refractivity contribution in [3.05, 3.63) is 54.0 Å². The number of pyridine rings is 1. The first-order chi connectivity index (χ1) is 12.7. The van der Waals surface area contributed by atoms with Crippen LogP contribution in [0.4, 0.5) is 15.9 Å². The molecule has 2 aromatic rings. The van der Waals surface area contributed by atoms with E-state index in [4.69, 9.17) is 0 Å². The van der Waals surface area contributed by atoms with Crippen LogP contribution in [0.15, 0.2) is 42.6 Å². The van der Waals surface area contributed by atoms with Crippen LogP contribution in [0.5, 0.6) is 0 Å². The Morgan fingerprint density at radius 3 is 2.59 bits per heavy atom. The molecule has 1 aromatic heterocycles. The molecule has 5 nitrogen and oxygen atoms in total. The number of hydrogen-bond acceptors (Lipinski definition) is 4. The summed E-state index contributed by atoms with van der Waals surface area (Å²) in [6.07, 6.45) is 1.56. The summed E-state index contributed by atoms with van der Waals surface area (Å²) in [7, 11) is 0.